The monoisotopic (exact) mass is 1010 g/mol. The van der Waals surface area contributed by atoms with E-state index in [0.29, 0.717) is 0 Å². The van der Waals surface area contributed by atoms with Crippen LogP contribution in [0, 0.1) is 0 Å². The van der Waals surface area contributed by atoms with Gasteiger partial charge < -0.3 is 19.0 Å². The first-order chi connectivity index (χ1) is 38.1. The first kappa shape index (κ1) is 49.2. The summed E-state index contributed by atoms with van der Waals surface area (Å²) >= 11 is 0. The summed E-state index contributed by atoms with van der Waals surface area (Å²) in [6.07, 6.45) is 20.2. The van der Waals surface area contributed by atoms with Crippen LogP contribution in [0.4, 0.5) is 34.1 Å². The van der Waals surface area contributed by atoms with Crippen molar-refractivity contribution in [3.05, 3.63) is 216 Å². The van der Waals surface area contributed by atoms with Crippen molar-refractivity contribution < 1.29 is 9.15 Å². The van der Waals surface area contributed by atoms with Crippen LogP contribution in [0.15, 0.2) is 199 Å². The number of hydrogen-bond acceptors (Lipinski definition) is 4. The van der Waals surface area contributed by atoms with Gasteiger partial charge in [-0.15, -0.1) is 0 Å². The molecule has 8 aromatic carbocycles. The second kappa shape index (κ2) is 21.6. The summed E-state index contributed by atoms with van der Waals surface area (Å²) in [6.45, 7) is 4.66. The molecule has 0 N–H and O–H groups in total. The van der Waals surface area contributed by atoms with Gasteiger partial charge in [-0.3, -0.25) is 0 Å². The Bertz CT molecular complexity index is 3630. The van der Waals surface area contributed by atoms with Crippen LogP contribution in [-0.4, -0.2) is 0 Å². The summed E-state index contributed by atoms with van der Waals surface area (Å²) in [7, 11) is 0. The first-order valence-electron chi connectivity index (χ1n) is 29.3. The van der Waals surface area contributed by atoms with Crippen LogP contribution >= 0.6 is 0 Å². The van der Waals surface area contributed by atoms with Gasteiger partial charge in [0, 0.05) is 50.1 Å². The number of para-hydroxylation sites is 4. The summed E-state index contributed by atoms with van der Waals surface area (Å²) in [4.78, 5) is 5.06. The number of nitrogens with zero attached hydrogens (tertiary/aromatic N) is 2. The van der Waals surface area contributed by atoms with Gasteiger partial charge in [0.05, 0.1) is 23.6 Å². The normalized spacial score (nSPS) is 15.8. The fourth-order valence-corrected chi connectivity index (χ4v) is 13.8. The molecule has 2 aromatic heterocycles. The van der Waals surface area contributed by atoms with E-state index < -0.39 is 0 Å². The van der Waals surface area contributed by atoms with Gasteiger partial charge in [0.1, 0.15) is 11.2 Å². The van der Waals surface area contributed by atoms with E-state index in [2.05, 4.69) is 218 Å². The van der Waals surface area contributed by atoms with Gasteiger partial charge in [-0.05, 0) is 161 Å². The predicted octanol–water partition coefficient (Wildman–Crippen LogP) is 22.0. The molecule has 4 nitrogen and oxygen atoms in total. The quantitative estimate of drug-likeness (QED) is 0.0633. The summed E-state index contributed by atoms with van der Waals surface area (Å²) in [6, 6.07) is 73.3. The van der Waals surface area contributed by atoms with Crippen molar-refractivity contribution in [2.45, 2.75) is 134 Å². The lowest BCUT2D eigenvalue weighted by Crippen LogP contribution is -2.26. The standard InChI is InChI=1S/C73H72N2O2/c1-3-5-7-9-11-23-45-73(46-24-12-10-8-6-4-2)65-49-55(74(53-25-15-13-16-26-53)67-31-21-19-29-57(67)51-33-37-61-63(47-51)71-43-41-69(61)76-71)35-39-59(65)60-40-36-56(50-66(60)73)75(54-27-17-14-18-28-54)68-32-22-20-30-58(68)52-34-38-62-64(48-52)72-44-42-70(62)77-72/h13-22,25-41,43,47-50,70,72H,3-12,23-24,42,44-46H2,1-2H3. The van der Waals surface area contributed by atoms with E-state index >= 15 is 0 Å². The minimum absolute atomic E-state index is 0.184. The van der Waals surface area contributed by atoms with Gasteiger partial charge in [-0.25, -0.2) is 0 Å². The molecular formula is C73H72N2O2. The molecule has 4 heterocycles. The number of unbranched alkanes of at least 4 members (excludes halogenated alkanes) is 10. The minimum Gasteiger partial charge on any atom is -0.456 e. The van der Waals surface area contributed by atoms with Crippen molar-refractivity contribution >= 4 is 56.1 Å². The minimum atomic E-state index is -0.184. The molecule has 0 amide bonds. The smallest absolute Gasteiger partial charge is 0.135 e. The third kappa shape index (κ3) is 9.13. The number of hydrogen-bond donors (Lipinski definition) is 0. The van der Waals surface area contributed by atoms with Crippen LogP contribution in [-0.2, 0) is 10.2 Å². The largest absolute Gasteiger partial charge is 0.456 e. The van der Waals surface area contributed by atoms with Crippen molar-refractivity contribution in [2.75, 3.05) is 9.80 Å². The molecule has 13 rings (SSSR count). The highest BCUT2D eigenvalue weighted by molar-refractivity contribution is 6.09. The van der Waals surface area contributed by atoms with E-state index in [4.69, 9.17) is 9.15 Å². The molecule has 10 aromatic rings. The van der Waals surface area contributed by atoms with E-state index in [1.165, 1.54) is 161 Å². The SMILES string of the molecule is CCCCCCCCC1(CCCCCCCC)c2cc(N(c3ccccc3)c3ccccc3-c3ccc4c(c3)C3CCC4O3)ccc2-c2ccc(N(c3ccccc3)c3ccccc3-c3ccc4c5ccc(o5)c4c3)cc21. The molecule has 0 spiro atoms. The topological polar surface area (TPSA) is 28.9 Å². The number of anilines is 6. The molecule has 77 heavy (non-hydrogen) atoms. The van der Waals surface area contributed by atoms with Crippen molar-refractivity contribution in [3.8, 4) is 33.4 Å². The maximum absolute atomic E-state index is 6.43. The van der Waals surface area contributed by atoms with Crippen LogP contribution in [0.3, 0.4) is 0 Å². The Morgan fingerprint density at radius 3 is 1.44 bits per heavy atom. The van der Waals surface area contributed by atoms with Gasteiger partial charge in [0.25, 0.3) is 0 Å². The van der Waals surface area contributed by atoms with E-state index in [1.807, 2.05) is 0 Å². The zero-order valence-corrected chi connectivity index (χ0v) is 45.2. The lowest BCUT2D eigenvalue weighted by Gasteiger charge is -2.35. The first-order valence-corrected chi connectivity index (χ1v) is 29.3. The van der Waals surface area contributed by atoms with Crippen molar-refractivity contribution in [1.29, 1.82) is 0 Å². The molecule has 1 fully saturated rings. The van der Waals surface area contributed by atoms with Crippen LogP contribution < -0.4 is 9.80 Å². The van der Waals surface area contributed by atoms with Crippen LogP contribution in [0.25, 0.3) is 55.3 Å². The Kier molecular flexibility index (Phi) is 13.8. The molecular weight excluding hydrogens is 937 g/mol. The number of rotatable bonds is 22. The number of fused-ring (bicyclic) bond motifs is 13. The van der Waals surface area contributed by atoms with Crippen molar-refractivity contribution in [1.82, 2.24) is 0 Å². The van der Waals surface area contributed by atoms with Gasteiger partial charge in [-0.2, -0.15) is 0 Å². The Morgan fingerprint density at radius 2 is 0.870 bits per heavy atom. The highest BCUT2D eigenvalue weighted by Crippen LogP contribution is 2.58. The van der Waals surface area contributed by atoms with E-state index in [9.17, 15) is 0 Å². The molecule has 3 aliphatic rings. The average Bonchev–Trinajstić information content (AvgIpc) is 4.35. The van der Waals surface area contributed by atoms with E-state index in [0.717, 1.165) is 53.9 Å². The summed E-state index contributed by atoms with van der Waals surface area (Å²) in [5, 5.41) is 2.35. The lowest BCUT2D eigenvalue weighted by molar-refractivity contribution is 0.0717. The van der Waals surface area contributed by atoms with Crippen molar-refractivity contribution in [2.24, 2.45) is 0 Å². The Balaban J connectivity index is 0.965. The molecule has 2 unspecified atom stereocenters. The number of ether oxygens (including phenoxy) is 1. The molecule has 4 bridgehead atoms. The second-order valence-corrected chi connectivity index (χ2v) is 22.4. The van der Waals surface area contributed by atoms with E-state index in [1.54, 1.807) is 0 Å². The summed E-state index contributed by atoms with van der Waals surface area (Å²) < 4.78 is 12.6. The molecule has 1 saturated heterocycles. The molecule has 2 atom stereocenters. The maximum Gasteiger partial charge on any atom is 0.135 e. The molecule has 0 saturated carbocycles. The third-order valence-electron chi connectivity index (χ3n) is 17.7. The molecule has 4 heteroatoms. The highest BCUT2D eigenvalue weighted by atomic mass is 16.5. The zero-order valence-electron chi connectivity index (χ0n) is 45.2. The average molecular weight is 1010 g/mol. The summed E-state index contributed by atoms with van der Waals surface area (Å²) in [5.41, 5.74) is 22.1. The Labute approximate surface area is 456 Å². The fraction of sp³-hybridized carbons (Fsp3) is 0.288. The lowest BCUT2D eigenvalue weighted by atomic mass is 9.70. The van der Waals surface area contributed by atoms with E-state index in [-0.39, 0.29) is 17.6 Å². The van der Waals surface area contributed by atoms with Crippen LogP contribution in [0.1, 0.15) is 151 Å². The maximum atomic E-state index is 6.43. The number of furan rings is 2. The molecule has 1 aliphatic carbocycles. The molecule has 0 radical (unpaired) electrons. The predicted molar refractivity (Wildman–Crippen MR) is 323 cm³/mol. The Morgan fingerprint density at radius 1 is 0.390 bits per heavy atom. The van der Waals surface area contributed by atoms with Gasteiger partial charge >= 0.3 is 0 Å². The fourth-order valence-electron chi connectivity index (χ4n) is 13.8. The van der Waals surface area contributed by atoms with Crippen molar-refractivity contribution in [3.63, 3.8) is 0 Å². The number of benzene rings is 9. The third-order valence-corrected chi connectivity index (χ3v) is 17.7. The van der Waals surface area contributed by atoms with Gasteiger partial charge in [0.2, 0.25) is 0 Å². The van der Waals surface area contributed by atoms with Crippen LogP contribution in [0.5, 0.6) is 0 Å². The summed E-state index contributed by atoms with van der Waals surface area (Å²) in [5.74, 6) is 0. The molecule has 386 valence electrons. The van der Waals surface area contributed by atoms with Gasteiger partial charge in [-0.1, -0.05) is 194 Å². The Hall–Kier alpha value is -7.40. The second-order valence-electron chi connectivity index (χ2n) is 22.4. The van der Waals surface area contributed by atoms with Crippen LogP contribution in [0.2, 0.25) is 0 Å². The van der Waals surface area contributed by atoms with Gasteiger partial charge in [0.15, 0.2) is 0 Å². The highest BCUT2D eigenvalue weighted by Gasteiger charge is 2.44. The molecule has 2 aliphatic heterocycles. The zero-order chi connectivity index (χ0) is 51.7.